The summed E-state index contributed by atoms with van der Waals surface area (Å²) in [6.45, 7) is 6.86. The van der Waals surface area contributed by atoms with Crippen LogP contribution in [0.1, 0.15) is 46.3 Å². The zero-order chi connectivity index (χ0) is 19.6. The van der Waals surface area contributed by atoms with Gasteiger partial charge in [-0.25, -0.2) is 8.42 Å². The van der Waals surface area contributed by atoms with Crippen LogP contribution < -0.4 is 5.32 Å². The highest BCUT2D eigenvalue weighted by Crippen LogP contribution is 2.25. The van der Waals surface area contributed by atoms with Gasteiger partial charge in [-0.3, -0.25) is 4.79 Å². The van der Waals surface area contributed by atoms with Crippen molar-refractivity contribution >= 4 is 21.6 Å². The fourth-order valence-corrected chi connectivity index (χ4v) is 4.99. The predicted molar refractivity (Wildman–Crippen MR) is 108 cm³/mol. The minimum atomic E-state index is -3.53. The molecule has 6 heteroatoms. The van der Waals surface area contributed by atoms with Crippen LogP contribution in [0.5, 0.6) is 0 Å². The number of carbonyl (C=O) groups excluding carboxylic acids is 1. The highest BCUT2D eigenvalue weighted by molar-refractivity contribution is 7.89. The summed E-state index contributed by atoms with van der Waals surface area (Å²) in [6.07, 6.45) is 2.85. The van der Waals surface area contributed by atoms with Gasteiger partial charge in [0.2, 0.25) is 10.0 Å². The van der Waals surface area contributed by atoms with Crippen LogP contribution >= 0.6 is 0 Å². The van der Waals surface area contributed by atoms with Crippen LogP contribution in [0.3, 0.4) is 0 Å². The van der Waals surface area contributed by atoms with E-state index < -0.39 is 10.0 Å². The zero-order valence-corrected chi connectivity index (χ0v) is 16.9. The summed E-state index contributed by atoms with van der Waals surface area (Å²) in [5, 5.41) is 2.87. The van der Waals surface area contributed by atoms with E-state index in [2.05, 4.69) is 5.32 Å². The van der Waals surface area contributed by atoms with E-state index in [9.17, 15) is 13.2 Å². The van der Waals surface area contributed by atoms with Gasteiger partial charge in [0.25, 0.3) is 5.91 Å². The average molecular weight is 387 g/mol. The van der Waals surface area contributed by atoms with Crippen molar-refractivity contribution in [3.8, 4) is 0 Å². The summed E-state index contributed by atoms with van der Waals surface area (Å²) in [5.74, 6) is -0.238. The molecule has 0 unspecified atom stereocenters. The lowest BCUT2D eigenvalue weighted by molar-refractivity contribution is 0.102. The number of benzene rings is 2. The van der Waals surface area contributed by atoms with E-state index in [-0.39, 0.29) is 10.8 Å². The Morgan fingerprint density at radius 3 is 2.19 bits per heavy atom. The van der Waals surface area contributed by atoms with E-state index >= 15 is 0 Å². The van der Waals surface area contributed by atoms with E-state index in [1.54, 1.807) is 18.2 Å². The Hall–Kier alpha value is -2.18. The number of rotatable bonds is 4. The average Bonchev–Trinajstić information content (AvgIpc) is 2.63. The van der Waals surface area contributed by atoms with Crippen LogP contribution in [0.2, 0.25) is 0 Å². The molecule has 0 atom stereocenters. The maximum atomic E-state index is 12.9. The van der Waals surface area contributed by atoms with Crippen molar-refractivity contribution in [3.05, 3.63) is 58.7 Å². The number of hydrogen-bond acceptors (Lipinski definition) is 3. The highest BCUT2D eigenvalue weighted by Gasteiger charge is 2.26. The van der Waals surface area contributed by atoms with Gasteiger partial charge in [0.05, 0.1) is 4.90 Å². The van der Waals surface area contributed by atoms with Gasteiger partial charge in [0.1, 0.15) is 0 Å². The molecule has 144 valence electrons. The molecule has 27 heavy (non-hydrogen) atoms. The third-order valence-corrected chi connectivity index (χ3v) is 6.79. The van der Waals surface area contributed by atoms with Gasteiger partial charge in [-0.05, 0) is 63.4 Å². The smallest absolute Gasteiger partial charge is 0.255 e. The summed E-state index contributed by atoms with van der Waals surface area (Å²) in [6, 6.07) is 10.6. The summed E-state index contributed by atoms with van der Waals surface area (Å²) < 4.78 is 27.4. The first-order chi connectivity index (χ1) is 12.8. The first-order valence-corrected chi connectivity index (χ1v) is 10.7. The molecule has 0 saturated carbocycles. The lowest BCUT2D eigenvalue weighted by atomic mass is 10.1. The Labute approximate surface area is 161 Å². The molecule has 2 aromatic carbocycles. The summed E-state index contributed by atoms with van der Waals surface area (Å²) in [4.78, 5) is 12.9. The number of aryl methyl sites for hydroxylation is 3. The molecule has 1 fully saturated rings. The molecular weight excluding hydrogens is 360 g/mol. The van der Waals surface area contributed by atoms with Crippen molar-refractivity contribution < 1.29 is 13.2 Å². The van der Waals surface area contributed by atoms with E-state index in [1.807, 2.05) is 39.0 Å². The third-order valence-electron chi connectivity index (χ3n) is 4.89. The molecule has 1 heterocycles. The van der Waals surface area contributed by atoms with Crippen molar-refractivity contribution in [3.63, 3.8) is 0 Å². The molecule has 0 aromatic heterocycles. The highest BCUT2D eigenvalue weighted by atomic mass is 32.2. The zero-order valence-electron chi connectivity index (χ0n) is 16.1. The lowest BCUT2D eigenvalue weighted by Crippen LogP contribution is -2.35. The fourth-order valence-electron chi connectivity index (χ4n) is 3.45. The Morgan fingerprint density at radius 1 is 0.926 bits per heavy atom. The molecule has 1 amide bonds. The van der Waals surface area contributed by atoms with Crippen LogP contribution in [0.25, 0.3) is 0 Å². The number of carbonyl (C=O) groups is 1. The molecule has 0 bridgehead atoms. The molecule has 3 rings (SSSR count). The fraction of sp³-hybridized carbons (Fsp3) is 0.381. The van der Waals surface area contributed by atoms with E-state index in [0.29, 0.717) is 24.3 Å². The van der Waals surface area contributed by atoms with Gasteiger partial charge >= 0.3 is 0 Å². The van der Waals surface area contributed by atoms with Crippen molar-refractivity contribution in [2.24, 2.45) is 0 Å². The molecule has 1 saturated heterocycles. The topological polar surface area (TPSA) is 66.5 Å². The largest absolute Gasteiger partial charge is 0.322 e. The van der Waals surface area contributed by atoms with Crippen molar-refractivity contribution in [2.75, 3.05) is 18.4 Å². The quantitative estimate of drug-likeness (QED) is 0.862. The van der Waals surface area contributed by atoms with Crippen LogP contribution in [0, 0.1) is 20.8 Å². The van der Waals surface area contributed by atoms with Gasteiger partial charge in [-0.1, -0.05) is 29.7 Å². The van der Waals surface area contributed by atoms with Crippen molar-refractivity contribution in [2.45, 2.75) is 44.9 Å². The summed E-state index contributed by atoms with van der Waals surface area (Å²) in [5.41, 5.74) is 3.94. The number of hydrogen-bond donors (Lipinski definition) is 1. The number of amides is 1. The monoisotopic (exact) mass is 386 g/mol. The van der Waals surface area contributed by atoms with E-state index in [1.165, 1.54) is 4.31 Å². The number of sulfonamides is 1. The Kier molecular flexibility index (Phi) is 5.67. The number of nitrogens with one attached hydrogen (secondary N) is 1. The normalized spacial score (nSPS) is 15.5. The Morgan fingerprint density at radius 2 is 1.56 bits per heavy atom. The molecular formula is C21H26N2O3S. The Bertz CT molecular complexity index is 941. The number of anilines is 1. The molecule has 1 aliphatic rings. The van der Waals surface area contributed by atoms with E-state index in [0.717, 1.165) is 36.0 Å². The van der Waals surface area contributed by atoms with Crippen LogP contribution in [0.15, 0.2) is 41.3 Å². The van der Waals surface area contributed by atoms with Crippen molar-refractivity contribution in [1.29, 1.82) is 0 Å². The molecule has 1 N–H and O–H groups in total. The predicted octanol–water partition coefficient (Wildman–Crippen LogP) is 4.04. The van der Waals surface area contributed by atoms with Gasteiger partial charge in [-0.15, -0.1) is 0 Å². The van der Waals surface area contributed by atoms with Crippen LogP contribution in [-0.2, 0) is 10.0 Å². The number of piperidine rings is 1. The molecule has 1 aliphatic heterocycles. The summed E-state index contributed by atoms with van der Waals surface area (Å²) in [7, 11) is -3.53. The van der Waals surface area contributed by atoms with E-state index in [4.69, 9.17) is 0 Å². The SMILES string of the molecule is Cc1cc(C)cc(C(=O)Nc2cc(S(=O)(=O)N3CCCCC3)ccc2C)c1. The second kappa shape index (κ2) is 7.82. The van der Waals surface area contributed by atoms with Gasteiger partial charge < -0.3 is 5.32 Å². The minimum absolute atomic E-state index is 0.228. The second-order valence-corrected chi connectivity index (χ2v) is 9.21. The molecule has 0 spiro atoms. The minimum Gasteiger partial charge on any atom is -0.322 e. The maximum Gasteiger partial charge on any atom is 0.255 e. The molecule has 5 nitrogen and oxygen atoms in total. The lowest BCUT2D eigenvalue weighted by Gasteiger charge is -2.26. The van der Waals surface area contributed by atoms with Gasteiger partial charge in [0.15, 0.2) is 0 Å². The standard InChI is InChI=1S/C21H26N2O3S/c1-15-11-16(2)13-18(12-15)21(24)22-20-14-19(8-7-17(20)3)27(25,26)23-9-5-4-6-10-23/h7-8,11-14H,4-6,9-10H2,1-3H3,(H,22,24). The van der Waals surface area contributed by atoms with Crippen LogP contribution in [0.4, 0.5) is 5.69 Å². The van der Waals surface area contributed by atoms with Crippen molar-refractivity contribution in [1.82, 2.24) is 4.31 Å². The first-order valence-electron chi connectivity index (χ1n) is 9.28. The van der Waals surface area contributed by atoms with Crippen LogP contribution in [-0.4, -0.2) is 31.7 Å². The maximum absolute atomic E-state index is 12.9. The van der Waals surface area contributed by atoms with Gasteiger partial charge in [0, 0.05) is 24.3 Å². The van der Waals surface area contributed by atoms with Gasteiger partial charge in [-0.2, -0.15) is 4.31 Å². The molecule has 0 radical (unpaired) electrons. The second-order valence-electron chi connectivity index (χ2n) is 7.27. The Balaban J connectivity index is 1.88. The molecule has 0 aliphatic carbocycles. The summed E-state index contributed by atoms with van der Waals surface area (Å²) >= 11 is 0. The molecule has 2 aromatic rings. The first kappa shape index (κ1) is 19.6. The number of nitrogens with zero attached hydrogens (tertiary/aromatic N) is 1. The third kappa shape index (κ3) is 4.39.